The van der Waals surface area contributed by atoms with Gasteiger partial charge in [-0.2, -0.15) is 4.31 Å². The maximum absolute atomic E-state index is 13.1. The van der Waals surface area contributed by atoms with Gasteiger partial charge in [-0.25, -0.2) is 17.6 Å². The van der Waals surface area contributed by atoms with Crippen LogP contribution in [0.4, 0.5) is 4.39 Å². The zero-order valence-corrected chi connectivity index (χ0v) is 16.2. The maximum atomic E-state index is 13.1. The summed E-state index contributed by atoms with van der Waals surface area (Å²) in [5.74, 6) is -1.13. The molecule has 0 fully saturated rings. The van der Waals surface area contributed by atoms with E-state index in [0.29, 0.717) is 5.56 Å². The summed E-state index contributed by atoms with van der Waals surface area (Å²) in [6.45, 7) is 3.66. The molecule has 2 N–H and O–H groups in total. The van der Waals surface area contributed by atoms with Gasteiger partial charge in [0.25, 0.3) is 0 Å². The lowest BCUT2D eigenvalue weighted by Crippen LogP contribution is -2.37. The van der Waals surface area contributed by atoms with Gasteiger partial charge < -0.3 is 14.8 Å². The van der Waals surface area contributed by atoms with E-state index in [0.717, 1.165) is 4.31 Å². The third-order valence-electron chi connectivity index (χ3n) is 3.90. The second-order valence-corrected chi connectivity index (χ2v) is 8.46. The van der Waals surface area contributed by atoms with Gasteiger partial charge in [0.2, 0.25) is 10.0 Å². The average molecular weight is 398 g/mol. The molecule has 1 heterocycles. The van der Waals surface area contributed by atoms with Crippen LogP contribution in [0.15, 0.2) is 41.4 Å². The Labute approximate surface area is 157 Å². The summed E-state index contributed by atoms with van der Waals surface area (Å²) >= 11 is 0. The highest BCUT2D eigenvalue weighted by atomic mass is 32.2. The summed E-state index contributed by atoms with van der Waals surface area (Å²) in [5, 5.41) is 10.4. The van der Waals surface area contributed by atoms with Crippen LogP contribution >= 0.6 is 0 Å². The number of esters is 1. The first-order valence-corrected chi connectivity index (χ1v) is 9.79. The normalized spacial score (nSPS) is 13.1. The third-order valence-corrected chi connectivity index (χ3v) is 5.71. The first-order valence-electron chi connectivity index (χ1n) is 8.35. The van der Waals surface area contributed by atoms with Crippen molar-refractivity contribution < 1.29 is 27.4 Å². The zero-order valence-electron chi connectivity index (χ0n) is 15.3. The van der Waals surface area contributed by atoms with Gasteiger partial charge in [0.05, 0.1) is 13.2 Å². The molecule has 0 saturated carbocycles. The fourth-order valence-corrected chi connectivity index (χ4v) is 4.17. The van der Waals surface area contributed by atoms with Crippen molar-refractivity contribution in [1.29, 1.82) is 0 Å². The van der Waals surface area contributed by atoms with E-state index >= 15 is 0 Å². The molecule has 2 rings (SSSR count). The number of ether oxygens (including phenoxy) is 1. The Morgan fingerprint density at radius 3 is 2.44 bits per heavy atom. The molecule has 0 bridgehead atoms. The molecule has 0 radical (unpaired) electrons. The van der Waals surface area contributed by atoms with Crippen LogP contribution in [0.5, 0.6) is 0 Å². The van der Waals surface area contributed by atoms with Crippen molar-refractivity contribution in [3.05, 3.63) is 53.6 Å². The number of benzene rings is 1. The lowest BCUT2D eigenvalue weighted by molar-refractivity contribution is 0.0594. The van der Waals surface area contributed by atoms with Crippen LogP contribution in [0.1, 0.15) is 36.0 Å². The molecule has 148 valence electrons. The molecule has 0 aliphatic heterocycles. The minimum atomic E-state index is -3.97. The molecule has 0 spiro atoms. The number of rotatable bonds is 8. The number of halogens is 1. The quantitative estimate of drug-likeness (QED) is 0.665. The summed E-state index contributed by atoms with van der Waals surface area (Å²) in [5.41, 5.74) is 0.421. The Balaban J connectivity index is 2.29. The van der Waals surface area contributed by atoms with Crippen molar-refractivity contribution in [1.82, 2.24) is 9.29 Å². The molecule has 0 aliphatic carbocycles. The lowest BCUT2D eigenvalue weighted by atomic mass is 10.1. The van der Waals surface area contributed by atoms with Gasteiger partial charge >= 0.3 is 5.97 Å². The van der Waals surface area contributed by atoms with E-state index in [4.69, 9.17) is 0 Å². The van der Waals surface area contributed by atoms with Crippen molar-refractivity contribution in [2.45, 2.75) is 24.8 Å². The van der Waals surface area contributed by atoms with Crippen molar-refractivity contribution in [2.24, 2.45) is 5.92 Å². The van der Waals surface area contributed by atoms with E-state index in [-0.39, 0.29) is 29.6 Å². The SMILES string of the molecule is COC(=O)c1cc(S(=O)(=O)N(CC(C)C)C[C@@H](O)c2ccc(F)cc2)c[nH]1. The molecule has 2 aromatic rings. The number of aliphatic hydroxyl groups is 1. The maximum Gasteiger partial charge on any atom is 0.354 e. The molecular formula is C18H23FN2O5S. The van der Waals surface area contributed by atoms with Crippen LogP contribution < -0.4 is 0 Å². The van der Waals surface area contributed by atoms with Gasteiger partial charge in [-0.05, 0) is 29.7 Å². The number of carbonyl (C=O) groups excluding carboxylic acids is 1. The molecule has 0 unspecified atom stereocenters. The number of aliphatic hydroxyl groups excluding tert-OH is 1. The molecule has 0 amide bonds. The van der Waals surface area contributed by atoms with Crippen LogP contribution in [0.25, 0.3) is 0 Å². The number of aromatic nitrogens is 1. The van der Waals surface area contributed by atoms with Crippen LogP contribution in [0, 0.1) is 11.7 Å². The van der Waals surface area contributed by atoms with Crippen molar-refractivity contribution in [3.8, 4) is 0 Å². The van der Waals surface area contributed by atoms with Crippen molar-refractivity contribution in [2.75, 3.05) is 20.2 Å². The Morgan fingerprint density at radius 2 is 1.89 bits per heavy atom. The molecular weight excluding hydrogens is 375 g/mol. The van der Waals surface area contributed by atoms with E-state index < -0.39 is 27.9 Å². The summed E-state index contributed by atoms with van der Waals surface area (Å²) in [7, 11) is -2.77. The van der Waals surface area contributed by atoms with Crippen LogP contribution in [0.3, 0.4) is 0 Å². The number of sulfonamides is 1. The first kappa shape index (κ1) is 21.1. The Bertz CT molecular complexity index is 877. The van der Waals surface area contributed by atoms with Crippen LogP contribution in [-0.4, -0.2) is 49.0 Å². The van der Waals surface area contributed by atoms with Crippen LogP contribution in [-0.2, 0) is 14.8 Å². The molecule has 1 aromatic heterocycles. The molecule has 27 heavy (non-hydrogen) atoms. The van der Waals surface area contributed by atoms with E-state index in [2.05, 4.69) is 9.72 Å². The zero-order chi connectivity index (χ0) is 20.2. The highest BCUT2D eigenvalue weighted by molar-refractivity contribution is 7.89. The molecule has 9 heteroatoms. The van der Waals surface area contributed by atoms with Gasteiger partial charge in [0, 0.05) is 19.3 Å². The highest BCUT2D eigenvalue weighted by Crippen LogP contribution is 2.23. The number of H-pyrrole nitrogens is 1. The Hall–Kier alpha value is -2.23. The molecule has 7 nitrogen and oxygen atoms in total. The Kier molecular flexibility index (Phi) is 6.74. The largest absolute Gasteiger partial charge is 0.464 e. The van der Waals surface area contributed by atoms with Gasteiger partial charge in [-0.15, -0.1) is 0 Å². The summed E-state index contributed by atoms with van der Waals surface area (Å²) < 4.78 is 44.8. The summed E-state index contributed by atoms with van der Waals surface area (Å²) in [6.07, 6.45) is 0.0808. The predicted molar refractivity (Wildman–Crippen MR) is 97.1 cm³/mol. The topological polar surface area (TPSA) is 99.7 Å². The van der Waals surface area contributed by atoms with Gasteiger partial charge in [-0.3, -0.25) is 0 Å². The fraction of sp³-hybridized carbons (Fsp3) is 0.389. The number of methoxy groups -OCH3 is 1. The molecule has 1 aromatic carbocycles. The Morgan fingerprint density at radius 1 is 1.26 bits per heavy atom. The molecule has 1 atom stereocenters. The third kappa shape index (κ3) is 5.15. The minimum absolute atomic E-state index is 0.000730. The van der Waals surface area contributed by atoms with E-state index in [1.165, 1.54) is 43.6 Å². The molecule has 0 saturated heterocycles. The second-order valence-electron chi connectivity index (χ2n) is 6.52. The predicted octanol–water partition coefficient (Wildman–Crippen LogP) is 2.32. The monoisotopic (exact) mass is 398 g/mol. The van der Waals surface area contributed by atoms with Crippen LogP contribution in [0.2, 0.25) is 0 Å². The number of aromatic amines is 1. The van der Waals surface area contributed by atoms with Gasteiger partial charge in [0.15, 0.2) is 0 Å². The minimum Gasteiger partial charge on any atom is -0.464 e. The summed E-state index contributed by atoms with van der Waals surface area (Å²) in [4.78, 5) is 14.0. The van der Waals surface area contributed by atoms with E-state index in [1.807, 2.05) is 13.8 Å². The average Bonchev–Trinajstić information content (AvgIpc) is 3.11. The summed E-state index contributed by atoms with van der Waals surface area (Å²) in [6, 6.07) is 6.42. The number of carbonyl (C=O) groups is 1. The standard InChI is InChI=1S/C18H23FN2O5S/c1-12(2)10-21(11-17(22)13-4-6-14(19)7-5-13)27(24,25)15-8-16(20-9-15)18(23)26-3/h4-9,12,17,20,22H,10-11H2,1-3H3/t17-/m1/s1. The lowest BCUT2D eigenvalue weighted by Gasteiger charge is -2.26. The number of nitrogens with zero attached hydrogens (tertiary/aromatic N) is 1. The van der Waals surface area contributed by atoms with Gasteiger partial charge in [-0.1, -0.05) is 26.0 Å². The van der Waals surface area contributed by atoms with E-state index in [9.17, 15) is 22.7 Å². The van der Waals surface area contributed by atoms with Crippen molar-refractivity contribution in [3.63, 3.8) is 0 Å². The highest BCUT2D eigenvalue weighted by Gasteiger charge is 2.29. The number of nitrogens with one attached hydrogen (secondary N) is 1. The second kappa shape index (κ2) is 8.64. The van der Waals surface area contributed by atoms with Gasteiger partial charge in [0.1, 0.15) is 16.4 Å². The first-order chi connectivity index (χ1) is 12.6. The smallest absolute Gasteiger partial charge is 0.354 e. The molecule has 0 aliphatic rings. The number of hydrogen-bond donors (Lipinski definition) is 2. The van der Waals surface area contributed by atoms with Crippen molar-refractivity contribution >= 4 is 16.0 Å². The number of hydrogen-bond acceptors (Lipinski definition) is 5. The van der Waals surface area contributed by atoms with E-state index in [1.54, 1.807) is 0 Å². The fourth-order valence-electron chi connectivity index (χ4n) is 2.56.